The number of likely N-dealkylation sites (N-methyl/N-ethyl adjacent to an activating group) is 1. The Morgan fingerprint density at radius 3 is 2.81 bits per heavy atom. The van der Waals surface area contributed by atoms with Crippen molar-refractivity contribution >= 4 is 22.4 Å². The zero-order valence-electron chi connectivity index (χ0n) is 13.1. The summed E-state index contributed by atoms with van der Waals surface area (Å²) in [4.78, 5) is 18.2. The van der Waals surface area contributed by atoms with Crippen LogP contribution in [0.15, 0.2) is 5.38 Å². The zero-order valence-corrected chi connectivity index (χ0v) is 14.0. The summed E-state index contributed by atoms with van der Waals surface area (Å²) in [6.07, 6.45) is 5.31. The van der Waals surface area contributed by atoms with Gasteiger partial charge in [0.05, 0.1) is 18.7 Å². The summed E-state index contributed by atoms with van der Waals surface area (Å²) in [5, 5.41) is 6.27. The number of hydrogen-bond donors (Lipinski definition) is 1. The van der Waals surface area contributed by atoms with E-state index in [0.717, 1.165) is 17.4 Å². The fourth-order valence-electron chi connectivity index (χ4n) is 2.88. The number of carbonyl (C=O) groups excluding carboxylic acids is 1. The zero-order chi connectivity index (χ0) is 15.3. The van der Waals surface area contributed by atoms with Crippen molar-refractivity contribution in [2.75, 3.05) is 32.6 Å². The van der Waals surface area contributed by atoms with Crippen LogP contribution in [-0.4, -0.2) is 48.6 Å². The molecule has 21 heavy (non-hydrogen) atoms. The number of nitrogens with zero attached hydrogens (tertiary/aromatic N) is 2. The molecule has 5 nitrogen and oxygen atoms in total. The van der Waals surface area contributed by atoms with Gasteiger partial charge >= 0.3 is 5.97 Å². The number of nitrogens with one attached hydrogen (secondary N) is 1. The van der Waals surface area contributed by atoms with Gasteiger partial charge in [-0.3, -0.25) is 4.79 Å². The maximum Gasteiger partial charge on any atom is 0.311 e. The van der Waals surface area contributed by atoms with Crippen LogP contribution in [0.25, 0.3) is 0 Å². The highest BCUT2D eigenvalue weighted by molar-refractivity contribution is 7.13. The molecule has 1 fully saturated rings. The topological polar surface area (TPSA) is 54.5 Å². The van der Waals surface area contributed by atoms with Gasteiger partial charge < -0.3 is 15.0 Å². The molecule has 1 saturated carbocycles. The van der Waals surface area contributed by atoms with Gasteiger partial charge in [0.2, 0.25) is 0 Å². The highest BCUT2D eigenvalue weighted by Crippen LogP contribution is 2.34. The van der Waals surface area contributed by atoms with E-state index in [4.69, 9.17) is 4.74 Å². The lowest BCUT2D eigenvalue weighted by Gasteiger charge is -2.36. The third kappa shape index (κ3) is 4.17. The van der Waals surface area contributed by atoms with Crippen LogP contribution >= 0.6 is 11.3 Å². The van der Waals surface area contributed by atoms with Crippen LogP contribution < -0.4 is 5.32 Å². The van der Waals surface area contributed by atoms with Gasteiger partial charge in [-0.25, -0.2) is 4.98 Å². The molecular formula is C15H25N3O2S. The van der Waals surface area contributed by atoms with Crippen molar-refractivity contribution in [1.82, 2.24) is 9.88 Å². The molecule has 2 rings (SSSR count). The van der Waals surface area contributed by atoms with Crippen molar-refractivity contribution in [3.05, 3.63) is 11.1 Å². The van der Waals surface area contributed by atoms with Gasteiger partial charge in [-0.1, -0.05) is 12.8 Å². The number of ether oxygens (including phenoxy) is 1. The first-order valence-electron chi connectivity index (χ1n) is 7.57. The summed E-state index contributed by atoms with van der Waals surface area (Å²) < 4.78 is 4.94. The maximum absolute atomic E-state index is 11.4. The SMILES string of the molecule is CCOC(=O)Cc1csc(NCC2(N(C)C)CCCC2)n1. The second-order valence-corrected chi connectivity index (χ2v) is 6.66. The fourth-order valence-corrected chi connectivity index (χ4v) is 3.59. The predicted octanol–water partition coefficient (Wildman–Crippen LogP) is 2.54. The first-order valence-corrected chi connectivity index (χ1v) is 8.45. The lowest BCUT2D eigenvalue weighted by molar-refractivity contribution is -0.142. The van der Waals surface area contributed by atoms with Crippen LogP contribution in [0.2, 0.25) is 0 Å². The van der Waals surface area contributed by atoms with Crippen molar-refractivity contribution in [1.29, 1.82) is 0 Å². The van der Waals surface area contributed by atoms with E-state index >= 15 is 0 Å². The first kappa shape index (κ1) is 16.2. The van der Waals surface area contributed by atoms with Gasteiger partial charge in [0, 0.05) is 17.5 Å². The second kappa shape index (κ2) is 7.22. The Morgan fingerprint density at radius 1 is 1.48 bits per heavy atom. The van der Waals surface area contributed by atoms with E-state index in [1.54, 1.807) is 11.3 Å². The average Bonchev–Trinajstić information content (AvgIpc) is 3.06. The van der Waals surface area contributed by atoms with Gasteiger partial charge in [0.1, 0.15) is 0 Å². The molecule has 1 aromatic rings. The van der Waals surface area contributed by atoms with Gasteiger partial charge in [-0.05, 0) is 33.9 Å². The molecule has 118 valence electrons. The molecule has 0 amide bonds. The van der Waals surface area contributed by atoms with Crippen molar-refractivity contribution in [2.45, 2.75) is 44.6 Å². The normalized spacial score (nSPS) is 17.1. The molecule has 1 N–H and O–H groups in total. The van der Waals surface area contributed by atoms with Crippen LogP contribution in [0, 0.1) is 0 Å². The molecule has 0 unspecified atom stereocenters. The van der Waals surface area contributed by atoms with Crippen LogP contribution in [0.1, 0.15) is 38.3 Å². The molecule has 6 heteroatoms. The van der Waals surface area contributed by atoms with Gasteiger partial charge in [0.25, 0.3) is 0 Å². The van der Waals surface area contributed by atoms with E-state index in [1.807, 2.05) is 12.3 Å². The van der Waals surface area contributed by atoms with E-state index in [-0.39, 0.29) is 17.9 Å². The van der Waals surface area contributed by atoms with E-state index in [0.29, 0.717) is 6.61 Å². The Kier molecular flexibility index (Phi) is 5.58. The molecule has 1 aliphatic carbocycles. The predicted molar refractivity (Wildman–Crippen MR) is 85.8 cm³/mol. The maximum atomic E-state index is 11.4. The van der Waals surface area contributed by atoms with Gasteiger partial charge in [-0.15, -0.1) is 11.3 Å². The monoisotopic (exact) mass is 311 g/mol. The van der Waals surface area contributed by atoms with Gasteiger partial charge in [0.15, 0.2) is 5.13 Å². The van der Waals surface area contributed by atoms with Crippen LogP contribution in [0.3, 0.4) is 0 Å². The number of esters is 1. The largest absolute Gasteiger partial charge is 0.466 e. The highest BCUT2D eigenvalue weighted by Gasteiger charge is 2.35. The smallest absolute Gasteiger partial charge is 0.311 e. The summed E-state index contributed by atoms with van der Waals surface area (Å²) in [6.45, 7) is 3.14. The summed E-state index contributed by atoms with van der Waals surface area (Å²) in [5.41, 5.74) is 1.03. The molecule has 0 spiro atoms. The number of aromatic nitrogens is 1. The number of rotatable bonds is 7. The number of carbonyl (C=O) groups is 1. The molecule has 0 radical (unpaired) electrons. The van der Waals surface area contributed by atoms with Gasteiger partial charge in [-0.2, -0.15) is 0 Å². The second-order valence-electron chi connectivity index (χ2n) is 5.81. The number of thiazole rings is 1. The van der Waals surface area contributed by atoms with Crippen molar-refractivity contribution in [3.63, 3.8) is 0 Å². The molecule has 1 heterocycles. The third-order valence-corrected chi connectivity index (χ3v) is 5.08. The summed E-state index contributed by atoms with van der Waals surface area (Å²) in [6, 6.07) is 0. The molecule has 0 bridgehead atoms. The van der Waals surface area contributed by atoms with Crippen molar-refractivity contribution < 1.29 is 9.53 Å². The Morgan fingerprint density at radius 2 is 2.19 bits per heavy atom. The quantitative estimate of drug-likeness (QED) is 0.784. The minimum absolute atomic E-state index is 0.213. The van der Waals surface area contributed by atoms with E-state index < -0.39 is 0 Å². The Balaban J connectivity index is 1.89. The average molecular weight is 311 g/mol. The van der Waals surface area contributed by atoms with E-state index in [2.05, 4.69) is 29.3 Å². The molecule has 1 aromatic heterocycles. The molecule has 0 saturated heterocycles. The third-order valence-electron chi connectivity index (χ3n) is 4.23. The summed E-state index contributed by atoms with van der Waals surface area (Å²) in [5.74, 6) is -0.213. The standard InChI is InChI=1S/C15H25N3O2S/c1-4-20-13(19)9-12-10-21-14(17-12)16-11-15(18(2)3)7-5-6-8-15/h10H,4-9,11H2,1-3H3,(H,16,17). The Bertz CT molecular complexity index is 467. The van der Waals surface area contributed by atoms with Crippen LogP contribution in [0.4, 0.5) is 5.13 Å². The minimum atomic E-state index is -0.213. The number of anilines is 1. The number of hydrogen-bond acceptors (Lipinski definition) is 6. The molecule has 0 atom stereocenters. The molecular weight excluding hydrogens is 286 g/mol. The fraction of sp³-hybridized carbons (Fsp3) is 0.733. The molecule has 0 aromatic carbocycles. The van der Waals surface area contributed by atoms with Crippen LogP contribution in [0.5, 0.6) is 0 Å². The lowest BCUT2D eigenvalue weighted by atomic mass is 9.96. The van der Waals surface area contributed by atoms with Crippen molar-refractivity contribution in [2.24, 2.45) is 0 Å². The summed E-state index contributed by atoms with van der Waals surface area (Å²) in [7, 11) is 4.31. The van der Waals surface area contributed by atoms with Crippen molar-refractivity contribution in [3.8, 4) is 0 Å². The van der Waals surface area contributed by atoms with Crippen LogP contribution in [-0.2, 0) is 16.0 Å². The lowest BCUT2D eigenvalue weighted by Crippen LogP contribution is -2.47. The Hall–Kier alpha value is -1.14. The molecule has 1 aliphatic rings. The van der Waals surface area contributed by atoms with E-state index in [1.165, 1.54) is 25.7 Å². The first-order chi connectivity index (χ1) is 10.1. The highest BCUT2D eigenvalue weighted by atomic mass is 32.1. The minimum Gasteiger partial charge on any atom is -0.466 e. The van der Waals surface area contributed by atoms with E-state index in [9.17, 15) is 4.79 Å². The summed E-state index contributed by atoms with van der Waals surface area (Å²) >= 11 is 1.55. The Labute approximate surface area is 130 Å². The molecule has 0 aliphatic heterocycles.